The second-order valence-electron chi connectivity index (χ2n) is 2.67. The molecule has 0 aliphatic rings. The van der Waals surface area contributed by atoms with Crippen molar-refractivity contribution in [3.05, 3.63) is 35.9 Å². The van der Waals surface area contributed by atoms with Crippen LogP contribution in [0.25, 0.3) is 0 Å². The van der Waals surface area contributed by atoms with Gasteiger partial charge in [-0.25, -0.2) is 0 Å². The van der Waals surface area contributed by atoms with E-state index >= 15 is 0 Å². The molecule has 0 saturated carbocycles. The summed E-state index contributed by atoms with van der Waals surface area (Å²) < 4.78 is 0. The number of hydrogen-bond donors (Lipinski definition) is 1. The van der Waals surface area contributed by atoms with E-state index in [2.05, 4.69) is 12.1 Å². The first-order valence-corrected chi connectivity index (χ1v) is 3.58. The van der Waals surface area contributed by atoms with Crippen LogP contribution in [-0.2, 0) is 6.42 Å². The fourth-order valence-electron chi connectivity index (χ4n) is 0.986. The summed E-state index contributed by atoms with van der Waals surface area (Å²) >= 11 is 0. The average molecular weight is 175 g/mol. The molecule has 1 rings (SSSR count). The zero-order chi connectivity index (χ0) is 7.40. The van der Waals surface area contributed by atoms with Gasteiger partial charge >= 0.3 is 37.7 Å². The summed E-state index contributed by atoms with van der Waals surface area (Å²) in [6.45, 7) is 2.02. The Labute approximate surface area is 98.0 Å². The van der Waals surface area contributed by atoms with Gasteiger partial charge in [-0.05, 0) is 18.9 Å². The molecule has 0 radical (unpaired) electrons. The first-order chi connectivity index (χ1) is 4.79. The number of hydrogen-bond acceptors (Lipinski definition) is 1. The molecule has 0 saturated heterocycles. The predicted octanol–water partition coefficient (Wildman–Crippen LogP) is 1.20. The fourth-order valence-corrected chi connectivity index (χ4v) is 0.986. The van der Waals surface area contributed by atoms with Crippen LogP contribution in [0.5, 0.6) is 0 Å². The third-order valence-corrected chi connectivity index (χ3v) is 1.40. The molecular weight excluding hydrogens is 162 g/mol. The van der Waals surface area contributed by atoms with Gasteiger partial charge in [0.25, 0.3) is 0 Å². The van der Waals surface area contributed by atoms with Crippen molar-refractivity contribution < 1.29 is 0 Å². The molecule has 1 atom stereocenters. The molecule has 0 spiro atoms. The molecule has 0 amide bonds. The zero-order valence-corrected chi connectivity index (χ0v) is 9.16. The molecule has 0 bridgehead atoms. The van der Waals surface area contributed by atoms with Crippen molar-refractivity contribution in [2.45, 2.75) is 19.4 Å². The van der Waals surface area contributed by atoms with Gasteiger partial charge in [0.1, 0.15) is 0 Å². The summed E-state index contributed by atoms with van der Waals surface area (Å²) in [6, 6.07) is 10.6. The summed E-state index contributed by atoms with van der Waals surface area (Å²) in [7, 11) is 0. The van der Waals surface area contributed by atoms with E-state index in [0.717, 1.165) is 6.42 Å². The zero-order valence-electron chi connectivity index (χ0n) is 6.96. The molecule has 0 aromatic heterocycles. The second-order valence-corrected chi connectivity index (χ2v) is 2.67. The minimum Gasteiger partial charge on any atom is -0.328 e. The molecule has 54 valence electrons. The fraction of sp³-hybridized carbons (Fsp3) is 0.333. The molecule has 0 aliphatic carbocycles. The molecule has 11 heavy (non-hydrogen) atoms. The molecule has 2 heteroatoms. The van der Waals surface area contributed by atoms with Crippen molar-refractivity contribution in [2.75, 3.05) is 0 Å². The molecule has 0 fully saturated rings. The van der Waals surface area contributed by atoms with E-state index < -0.39 is 0 Å². The van der Waals surface area contributed by atoms with Crippen LogP contribution in [-0.4, -0.2) is 43.8 Å². The van der Waals surface area contributed by atoms with Gasteiger partial charge in [-0.2, -0.15) is 0 Å². The van der Waals surface area contributed by atoms with Gasteiger partial charge in [0, 0.05) is 6.04 Å². The second kappa shape index (κ2) is 6.01. The molecule has 1 nitrogen and oxygen atoms in total. The van der Waals surface area contributed by atoms with Crippen molar-refractivity contribution in [3.8, 4) is 0 Å². The van der Waals surface area contributed by atoms with Crippen LogP contribution in [0.15, 0.2) is 30.3 Å². The third-order valence-electron chi connectivity index (χ3n) is 1.40. The van der Waals surface area contributed by atoms with Crippen molar-refractivity contribution in [3.63, 3.8) is 0 Å². The summed E-state index contributed by atoms with van der Waals surface area (Å²) in [4.78, 5) is 0. The third kappa shape index (κ3) is 4.81. The predicted molar refractivity (Wildman–Crippen MR) is 49.5 cm³/mol. The van der Waals surface area contributed by atoms with Crippen molar-refractivity contribution in [1.82, 2.24) is 0 Å². The first-order valence-electron chi connectivity index (χ1n) is 3.58. The molecule has 0 heterocycles. The number of benzene rings is 1. The van der Waals surface area contributed by atoms with E-state index in [1.807, 2.05) is 25.1 Å². The molecule has 1 aromatic rings. The minimum atomic E-state index is 0. The van der Waals surface area contributed by atoms with Crippen LogP contribution in [0.4, 0.5) is 0 Å². The van der Waals surface area contributed by atoms with E-state index in [-0.39, 0.29) is 43.8 Å². The van der Waals surface area contributed by atoms with E-state index in [9.17, 15) is 0 Å². The van der Waals surface area contributed by atoms with Crippen LogP contribution in [0.3, 0.4) is 0 Å². The van der Waals surface area contributed by atoms with E-state index in [0.29, 0.717) is 0 Å². The molecule has 1 unspecified atom stereocenters. The summed E-state index contributed by atoms with van der Waals surface area (Å²) in [6.07, 6.45) is 0.973. The smallest absolute Gasteiger partial charge is 0.328 e. The van der Waals surface area contributed by atoms with Gasteiger partial charge in [0.2, 0.25) is 0 Å². The minimum absolute atomic E-state index is 0. The Morgan fingerprint density at radius 3 is 2.27 bits per heavy atom. The van der Waals surface area contributed by atoms with Gasteiger partial charge in [0.15, 0.2) is 0 Å². The maximum absolute atomic E-state index is 5.62. The quantitative estimate of drug-likeness (QED) is 0.671. The van der Waals surface area contributed by atoms with Crippen molar-refractivity contribution >= 4 is 37.7 Å². The summed E-state index contributed by atoms with van der Waals surface area (Å²) in [5.74, 6) is 0. The largest absolute Gasteiger partial charge is 2.00 e. The standard InChI is InChI=1S/C9H13N.Ca/c1-8(10)7-9-5-3-2-4-6-9;/h2-6,8H,7,10H2,1H3;/q;+2. The maximum atomic E-state index is 5.62. The molecule has 2 N–H and O–H groups in total. The average Bonchev–Trinajstić information content (AvgIpc) is 1.88. The van der Waals surface area contributed by atoms with Gasteiger partial charge < -0.3 is 5.73 Å². The van der Waals surface area contributed by atoms with Crippen LogP contribution >= 0.6 is 0 Å². The topological polar surface area (TPSA) is 26.0 Å². The Hall–Kier alpha value is 0.440. The Balaban J connectivity index is 0.000001000. The van der Waals surface area contributed by atoms with Crippen LogP contribution in [0.1, 0.15) is 12.5 Å². The first kappa shape index (κ1) is 11.4. The molecular formula is C9H13CaN+2. The van der Waals surface area contributed by atoms with Gasteiger partial charge in [-0.3, -0.25) is 0 Å². The van der Waals surface area contributed by atoms with E-state index in [1.165, 1.54) is 5.56 Å². The van der Waals surface area contributed by atoms with Gasteiger partial charge in [-0.1, -0.05) is 30.3 Å². The van der Waals surface area contributed by atoms with Crippen LogP contribution in [0, 0.1) is 0 Å². The Bertz CT molecular complexity index is 184. The number of rotatable bonds is 2. The van der Waals surface area contributed by atoms with Crippen molar-refractivity contribution in [2.24, 2.45) is 5.73 Å². The summed E-state index contributed by atoms with van der Waals surface area (Å²) in [5, 5.41) is 0. The normalized spacial score (nSPS) is 11.8. The van der Waals surface area contributed by atoms with Crippen LogP contribution in [0.2, 0.25) is 0 Å². The van der Waals surface area contributed by atoms with E-state index in [1.54, 1.807) is 0 Å². The Morgan fingerprint density at radius 1 is 1.27 bits per heavy atom. The monoisotopic (exact) mass is 175 g/mol. The van der Waals surface area contributed by atoms with E-state index in [4.69, 9.17) is 5.73 Å². The summed E-state index contributed by atoms with van der Waals surface area (Å²) in [5.41, 5.74) is 6.94. The number of nitrogens with two attached hydrogens (primary N) is 1. The molecule has 0 aliphatic heterocycles. The van der Waals surface area contributed by atoms with Gasteiger partial charge in [-0.15, -0.1) is 0 Å². The van der Waals surface area contributed by atoms with Gasteiger partial charge in [0.05, 0.1) is 0 Å². The van der Waals surface area contributed by atoms with Crippen molar-refractivity contribution in [1.29, 1.82) is 0 Å². The molecule has 1 aromatic carbocycles. The van der Waals surface area contributed by atoms with Crippen LogP contribution < -0.4 is 5.73 Å². The SMILES string of the molecule is CC(N)Cc1ccccc1.[Ca+2]. The Morgan fingerprint density at radius 2 is 1.82 bits per heavy atom. The Kier molecular flexibility index (Phi) is 6.25. The maximum Gasteiger partial charge on any atom is 2.00 e.